The minimum Gasteiger partial charge on any atom is -0.493 e. The molecule has 0 spiro atoms. The Morgan fingerprint density at radius 1 is 1.08 bits per heavy atom. The number of amides is 1. The van der Waals surface area contributed by atoms with Crippen molar-refractivity contribution in [1.82, 2.24) is 5.32 Å². The normalized spacial score (nSPS) is 10.3. The molecule has 0 aliphatic carbocycles. The molecular formula is C19H22N2O2S. The number of rotatable bonds is 6. The van der Waals surface area contributed by atoms with E-state index in [4.69, 9.17) is 17.0 Å². The molecule has 0 heterocycles. The average Bonchev–Trinajstić information content (AvgIpc) is 2.54. The van der Waals surface area contributed by atoms with E-state index in [-0.39, 0.29) is 11.0 Å². The Labute approximate surface area is 148 Å². The van der Waals surface area contributed by atoms with Gasteiger partial charge in [0.15, 0.2) is 5.11 Å². The predicted molar refractivity (Wildman–Crippen MR) is 101 cm³/mol. The number of anilines is 1. The van der Waals surface area contributed by atoms with Crippen LogP contribution in [-0.4, -0.2) is 17.6 Å². The van der Waals surface area contributed by atoms with E-state index in [2.05, 4.69) is 24.5 Å². The molecule has 0 atom stereocenters. The van der Waals surface area contributed by atoms with Gasteiger partial charge in [0, 0.05) is 5.69 Å². The summed E-state index contributed by atoms with van der Waals surface area (Å²) in [5, 5.41) is 5.96. The van der Waals surface area contributed by atoms with Gasteiger partial charge in [0.1, 0.15) is 5.75 Å². The van der Waals surface area contributed by atoms with Crippen molar-refractivity contribution in [3.63, 3.8) is 0 Å². The third-order valence-corrected chi connectivity index (χ3v) is 3.36. The van der Waals surface area contributed by atoms with E-state index in [1.807, 2.05) is 54.6 Å². The molecule has 5 heteroatoms. The SMILES string of the molecule is CC(C)COc1ccc(NC(=S)NC(=O)Cc2ccccc2)cc1. The van der Waals surface area contributed by atoms with Gasteiger partial charge >= 0.3 is 0 Å². The Morgan fingerprint density at radius 2 is 1.75 bits per heavy atom. The van der Waals surface area contributed by atoms with E-state index < -0.39 is 0 Å². The van der Waals surface area contributed by atoms with Gasteiger partial charge in [0.05, 0.1) is 13.0 Å². The average molecular weight is 342 g/mol. The summed E-state index contributed by atoms with van der Waals surface area (Å²) in [6.07, 6.45) is 0.296. The van der Waals surface area contributed by atoms with Crippen LogP contribution in [0.4, 0.5) is 5.69 Å². The lowest BCUT2D eigenvalue weighted by atomic mass is 10.1. The van der Waals surface area contributed by atoms with Gasteiger partial charge in [-0.2, -0.15) is 0 Å². The molecule has 0 fully saturated rings. The van der Waals surface area contributed by atoms with Crippen molar-refractivity contribution in [2.45, 2.75) is 20.3 Å². The van der Waals surface area contributed by atoms with Gasteiger partial charge < -0.3 is 15.4 Å². The molecule has 4 nitrogen and oxygen atoms in total. The summed E-state index contributed by atoms with van der Waals surface area (Å²) in [5.41, 5.74) is 1.75. The molecule has 1 amide bonds. The lowest BCUT2D eigenvalue weighted by molar-refractivity contribution is -0.119. The number of benzene rings is 2. The van der Waals surface area contributed by atoms with E-state index in [1.165, 1.54) is 0 Å². The molecule has 0 bridgehead atoms. The number of hydrogen-bond acceptors (Lipinski definition) is 3. The van der Waals surface area contributed by atoms with Crippen molar-refractivity contribution in [3.8, 4) is 5.75 Å². The molecule has 0 unspecified atom stereocenters. The fraction of sp³-hybridized carbons (Fsp3) is 0.263. The van der Waals surface area contributed by atoms with Crippen LogP contribution in [-0.2, 0) is 11.2 Å². The molecule has 2 aromatic rings. The van der Waals surface area contributed by atoms with Crippen LogP contribution < -0.4 is 15.4 Å². The highest BCUT2D eigenvalue weighted by atomic mass is 32.1. The van der Waals surface area contributed by atoms with Crippen LogP contribution in [0.25, 0.3) is 0 Å². The highest BCUT2D eigenvalue weighted by Gasteiger charge is 2.06. The maximum atomic E-state index is 12.0. The van der Waals surface area contributed by atoms with Crippen LogP contribution in [0.2, 0.25) is 0 Å². The van der Waals surface area contributed by atoms with Crippen LogP contribution in [0.3, 0.4) is 0 Å². The van der Waals surface area contributed by atoms with Crippen LogP contribution in [0.15, 0.2) is 54.6 Å². The van der Waals surface area contributed by atoms with Crippen molar-refractivity contribution >= 4 is 28.9 Å². The quantitative estimate of drug-likeness (QED) is 0.785. The van der Waals surface area contributed by atoms with Crippen molar-refractivity contribution in [2.24, 2.45) is 5.92 Å². The molecule has 2 rings (SSSR count). The van der Waals surface area contributed by atoms with Crippen LogP contribution in [0.1, 0.15) is 19.4 Å². The third kappa shape index (κ3) is 6.38. The zero-order valence-electron chi connectivity index (χ0n) is 13.9. The molecular weight excluding hydrogens is 320 g/mol. The molecule has 2 aromatic carbocycles. The summed E-state index contributed by atoms with van der Waals surface area (Å²) < 4.78 is 5.63. The molecule has 0 aliphatic heterocycles. The summed E-state index contributed by atoms with van der Waals surface area (Å²) in [4.78, 5) is 12.0. The van der Waals surface area contributed by atoms with Gasteiger partial charge in [-0.05, 0) is 48.0 Å². The van der Waals surface area contributed by atoms with Gasteiger partial charge in [-0.3, -0.25) is 4.79 Å². The van der Waals surface area contributed by atoms with Crippen molar-refractivity contribution < 1.29 is 9.53 Å². The van der Waals surface area contributed by atoms with E-state index in [9.17, 15) is 4.79 Å². The largest absolute Gasteiger partial charge is 0.493 e. The van der Waals surface area contributed by atoms with Gasteiger partial charge in [-0.1, -0.05) is 44.2 Å². The standard InChI is InChI=1S/C19H22N2O2S/c1-14(2)13-23-17-10-8-16(9-11-17)20-19(24)21-18(22)12-15-6-4-3-5-7-15/h3-11,14H,12-13H2,1-2H3,(H2,20,21,22,24). The van der Waals surface area contributed by atoms with Gasteiger partial charge in [-0.15, -0.1) is 0 Å². The van der Waals surface area contributed by atoms with E-state index in [1.54, 1.807) is 0 Å². The smallest absolute Gasteiger partial charge is 0.230 e. The number of ether oxygens (including phenoxy) is 1. The monoisotopic (exact) mass is 342 g/mol. The number of carbonyl (C=O) groups excluding carboxylic acids is 1. The fourth-order valence-electron chi connectivity index (χ4n) is 2.01. The van der Waals surface area contributed by atoms with Gasteiger partial charge in [0.25, 0.3) is 0 Å². The van der Waals surface area contributed by atoms with Crippen molar-refractivity contribution in [1.29, 1.82) is 0 Å². The number of thiocarbonyl (C=S) groups is 1. The Balaban J connectivity index is 1.80. The van der Waals surface area contributed by atoms with Crippen molar-refractivity contribution in [3.05, 3.63) is 60.2 Å². The highest BCUT2D eigenvalue weighted by molar-refractivity contribution is 7.80. The summed E-state index contributed by atoms with van der Waals surface area (Å²) in [7, 11) is 0. The van der Waals surface area contributed by atoms with Gasteiger partial charge in [0.2, 0.25) is 5.91 Å². The van der Waals surface area contributed by atoms with E-state index in [0.29, 0.717) is 18.9 Å². The Kier molecular flexibility index (Phi) is 6.75. The molecule has 0 saturated heterocycles. The molecule has 0 saturated carbocycles. The number of hydrogen-bond donors (Lipinski definition) is 2. The minimum atomic E-state index is -0.143. The second-order valence-corrected chi connectivity index (χ2v) is 6.30. The molecule has 0 aliphatic rings. The third-order valence-electron chi connectivity index (χ3n) is 3.16. The maximum Gasteiger partial charge on any atom is 0.230 e. The number of nitrogens with one attached hydrogen (secondary N) is 2. The first-order valence-corrected chi connectivity index (χ1v) is 8.31. The molecule has 24 heavy (non-hydrogen) atoms. The highest BCUT2D eigenvalue weighted by Crippen LogP contribution is 2.16. The van der Waals surface area contributed by atoms with Crippen LogP contribution in [0, 0.1) is 5.92 Å². The number of carbonyl (C=O) groups is 1. The molecule has 2 N–H and O–H groups in total. The van der Waals surface area contributed by atoms with Gasteiger partial charge in [-0.25, -0.2) is 0 Å². The predicted octanol–water partition coefficient (Wildman–Crippen LogP) is 3.78. The maximum absolute atomic E-state index is 12.0. The first-order chi connectivity index (χ1) is 11.5. The first kappa shape index (κ1) is 17.9. The summed E-state index contributed by atoms with van der Waals surface area (Å²) in [6, 6.07) is 17.0. The summed E-state index contributed by atoms with van der Waals surface area (Å²) >= 11 is 5.17. The summed E-state index contributed by atoms with van der Waals surface area (Å²) in [5.74, 6) is 1.15. The Hall–Kier alpha value is -2.40. The zero-order chi connectivity index (χ0) is 17.4. The van der Waals surface area contributed by atoms with E-state index >= 15 is 0 Å². The lowest BCUT2D eigenvalue weighted by Crippen LogP contribution is -2.35. The van der Waals surface area contributed by atoms with E-state index in [0.717, 1.165) is 17.0 Å². The topological polar surface area (TPSA) is 50.4 Å². The molecule has 126 valence electrons. The van der Waals surface area contributed by atoms with Crippen LogP contribution in [0.5, 0.6) is 5.75 Å². The summed E-state index contributed by atoms with van der Waals surface area (Å²) in [6.45, 7) is 4.89. The molecule has 0 radical (unpaired) electrons. The fourth-order valence-corrected chi connectivity index (χ4v) is 2.24. The van der Waals surface area contributed by atoms with Crippen LogP contribution >= 0.6 is 12.2 Å². The first-order valence-electron chi connectivity index (χ1n) is 7.90. The second-order valence-electron chi connectivity index (χ2n) is 5.89. The zero-order valence-corrected chi connectivity index (χ0v) is 14.7. The molecule has 0 aromatic heterocycles. The minimum absolute atomic E-state index is 0.143. The van der Waals surface area contributed by atoms with Crippen molar-refractivity contribution in [2.75, 3.05) is 11.9 Å². The Morgan fingerprint density at radius 3 is 2.38 bits per heavy atom. The Bertz CT molecular complexity index is 670. The lowest BCUT2D eigenvalue weighted by Gasteiger charge is -2.11. The second kappa shape index (κ2) is 9.03.